The molecule has 0 amide bonds. The molecular weight excluding hydrogens is 292 g/mol. The zero-order chi connectivity index (χ0) is 15.4. The van der Waals surface area contributed by atoms with Crippen LogP contribution in [0, 0.1) is 6.92 Å². The third-order valence-corrected chi connectivity index (χ3v) is 3.78. The van der Waals surface area contributed by atoms with E-state index in [0.717, 1.165) is 29.7 Å². The van der Waals surface area contributed by atoms with Gasteiger partial charge in [0.05, 0.1) is 5.69 Å². The second-order valence-corrected chi connectivity index (χ2v) is 5.72. The molecule has 0 bridgehead atoms. The van der Waals surface area contributed by atoms with Gasteiger partial charge in [-0.2, -0.15) is 8.78 Å². The van der Waals surface area contributed by atoms with Crippen LogP contribution in [0.5, 0.6) is 0 Å². The Kier molecular flexibility index (Phi) is 5.12. The van der Waals surface area contributed by atoms with Crippen LogP contribution in [-0.2, 0) is 6.42 Å². The number of hydrogen-bond donors (Lipinski definition) is 1. The van der Waals surface area contributed by atoms with E-state index < -0.39 is 5.76 Å². The number of benzene rings is 1. The lowest BCUT2D eigenvalue weighted by atomic mass is 10.1. The molecule has 0 spiro atoms. The number of anilines is 1. The maximum Gasteiger partial charge on any atom is 0.288 e. The molecule has 2 rings (SSSR count). The van der Waals surface area contributed by atoms with E-state index >= 15 is 0 Å². The molecule has 0 unspecified atom stereocenters. The first kappa shape index (κ1) is 15.7. The second-order valence-electron chi connectivity index (χ2n) is 4.65. The zero-order valence-corrected chi connectivity index (χ0v) is 12.8. The topological polar surface area (TPSA) is 51.8 Å². The summed E-state index contributed by atoms with van der Waals surface area (Å²) in [5, 5.41) is 0. The van der Waals surface area contributed by atoms with Gasteiger partial charge < -0.3 is 5.73 Å². The van der Waals surface area contributed by atoms with E-state index in [1.54, 1.807) is 24.3 Å². The largest absolute Gasteiger partial charge is 0.383 e. The SMILES string of the molecule is CCCc1nc(N)c(C)c(-c2ccc(SC(F)F)cc2)n1. The minimum atomic E-state index is -2.41. The summed E-state index contributed by atoms with van der Waals surface area (Å²) in [6, 6.07) is 6.91. The van der Waals surface area contributed by atoms with Gasteiger partial charge >= 0.3 is 0 Å². The standard InChI is InChI=1S/C15H17F2N3S/c1-3-4-12-19-13(9(2)14(18)20-12)10-5-7-11(8-6-10)21-15(16)17/h5-8,15H,3-4H2,1-2H3,(H2,18,19,20). The number of rotatable bonds is 5. The summed E-state index contributed by atoms with van der Waals surface area (Å²) in [7, 11) is 0. The van der Waals surface area contributed by atoms with Crippen molar-refractivity contribution in [3.63, 3.8) is 0 Å². The van der Waals surface area contributed by atoms with Gasteiger partial charge in [0.1, 0.15) is 11.6 Å². The van der Waals surface area contributed by atoms with Crippen molar-refractivity contribution in [2.45, 2.75) is 37.3 Å². The summed E-state index contributed by atoms with van der Waals surface area (Å²) in [6.45, 7) is 3.91. The minimum absolute atomic E-state index is 0.467. The summed E-state index contributed by atoms with van der Waals surface area (Å²) in [6.07, 6.45) is 1.70. The highest BCUT2D eigenvalue weighted by Gasteiger charge is 2.11. The van der Waals surface area contributed by atoms with Gasteiger partial charge in [0, 0.05) is 22.4 Å². The fourth-order valence-corrected chi connectivity index (χ4v) is 2.49. The Morgan fingerprint density at radius 2 is 1.86 bits per heavy atom. The molecule has 0 aliphatic heterocycles. The van der Waals surface area contributed by atoms with Gasteiger partial charge in [-0.3, -0.25) is 0 Å². The van der Waals surface area contributed by atoms with Crippen LogP contribution in [0.4, 0.5) is 14.6 Å². The third-order valence-electron chi connectivity index (χ3n) is 3.06. The predicted molar refractivity (Wildman–Crippen MR) is 82.5 cm³/mol. The summed E-state index contributed by atoms with van der Waals surface area (Å²) < 4.78 is 24.6. The zero-order valence-electron chi connectivity index (χ0n) is 11.9. The molecule has 1 heterocycles. The van der Waals surface area contributed by atoms with Gasteiger partial charge in [-0.15, -0.1) is 0 Å². The second kappa shape index (κ2) is 6.85. The number of nitrogen functional groups attached to an aromatic ring is 1. The van der Waals surface area contributed by atoms with Crippen LogP contribution in [0.2, 0.25) is 0 Å². The highest BCUT2D eigenvalue weighted by atomic mass is 32.2. The molecule has 0 aliphatic carbocycles. The Morgan fingerprint density at radius 3 is 2.43 bits per heavy atom. The van der Waals surface area contributed by atoms with Crippen molar-refractivity contribution in [2.24, 2.45) is 0 Å². The van der Waals surface area contributed by atoms with Crippen molar-refractivity contribution < 1.29 is 8.78 Å². The highest BCUT2D eigenvalue weighted by Crippen LogP contribution is 2.29. The molecule has 21 heavy (non-hydrogen) atoms. The lowest BCUT2D eigenvalue weighted by Gasteiger charge is -2.10. The number of halogens is 2. The Balaban J connectivity index is 2.36. The normalized spacial score (nSPS) is 11.1. The van der Waals surface area contributed by atoms with Gasteiger partial charge in [0.15, 0.2) is 0 Å². The minimum Gasteiger partial charge on any atom is -0.383 e. The maximum atomic E-state index is 12.3. The fourth-order valence-electron chi connectivity index (χ4n) is 1.99. The van der Waals surface area contributed by atoms with Crippen molar-refractivity contribution in [3.8, 4) is 11.3 Å². The van der Waals surface area contributed by atoms with E-state index in [4.69, 9.17) is 5.73 Å². The van der Waals surface area contributed by atoms with Crippen LogP contribution in [-0.4, -0.2) is 15.7 Å². The van der Waals surface area contributed by atoms with Gasteiger partial charge in [-0.1, -0.05) is 30.8 Å². The number of hydrogen-bond acceptors (Lipinski definition) is 4. The Morgan fingerprint density at radius 1 is 1.19 bits per heavy atom. The molecule has 2 aromatic rings. The highest BCUT2D eigenvalue weighted by molar-refractivity contribution is 7.99. The number of thioether (sulfide) groups is 1. The molecule has 0 aliphatic rings. The predicted octanol–water partition coefficient (Wildman–Crippen LogP) is 4.30. The molecule has 0 atom stereocenters. The van der Waals surface area contributed by atoms with Crippen LogP contribution < -0.4 is 5.73 Å². The van der Waals surface area contributed by atoms with Crippen LogP contribution in [0.25, 0.3) is 11.3 Å². The first-order valence-corrected chi connectivity index (χ1v) is 7.57. The molecule has 3 nitrogen and oxygen atoms in total. The quantitative estimate of drug-likeness (QED) is 0.837. The van der Waals surface area contributed by atoms with Crippen molar-refractivity contribution in [1.82, 2.24) is 9.97 Å². The first-order valence-electron chi connectivity index (χ1n) is 6.69. The molecular formula is C15H17F2N3S. The molecule has 0 saturated heterocycles. The molecule has 112 valence electrons. The molecule has 0 saturated carbocycles. The molecule has 1 aromatic carbocycles. The van der Waals surface area contributed by atoms with Crippen molar-refractivity contribution >= 4 is 17.6 Å². The Labute approximate surface area is 127 Å². The van der Waals surface area contributed by atoms with E-state index in [0.29, 0.717) is 28.3 Å². The van der Waals surface area contributed by atoms with Crippen molar-refractivity contribution in [2.75, 3.05) is 5.73 Å². The van der Waals surface area contributed by atoms with Gasteiger partial charge in [-0.25, -0.2) is 9.97 Å². The van der Waals surface area contributed by atoms with E-state index in [-0.39, 0.29) is 0 Å². The first-order chi connectivity index (χ1) is 10.0. The van der Waals surface area contributed by atoms with Gasteiger partial charge in [0.2, 0.25) is 0 Å². The van der Waals surface area contributed by atoms with Gasteiger partial charge in [-0.05, 0) is 25.5 Å². The van der Waals surface area contributed by atoms with E-state index in [1.165, 1.54) is 0 Å². The number of nitrogens with zero attached hydrogens (tertiary/aromatic N) is 2. The van der Waals surface area contributed by atoms with E-state index in [1.807, 2.05) is 6.92 Å². The molecule has 0 fully saturated rings. The Hall–Kier alpha value is -1.69. The summed E-state index contributed by atoms with van der Waals surface area (Å²) in [5.74, 6) is -1.24. The van der Waals surface area contributed by atoms with Crippen LogP contribution in [0.3, 0.4) is 0 Å². The van der Waals surface area contributed by atoms with E-state index in [2.05, 4.69) is 16.9 Å². The number of aryl methyl sites for hydroxylation is 1. The van der Waals surface area contributed by atoms with Crippen molar-refractivity contribution in [1.29, 1.82) is 0 Å². The summed E-state index contributed by atoms with van der Waals surface area (Å²) in [5.41, 5.74) is 8.36. The monoisotopic (exact) mass is 309 g/mol. The molecule has 1 aromatic heterocycles. The fraction of sp³-hybridized carbons (Fsp3) is 0.333. The maximum absolute atomic E-state index is 12.3. The summed E-state index contributed by atoms with van der Waals surface area (Å²) >= 11 is 0.530. The van der Waals surface area contributed by atoms with Gasteiger partial charge in [0.25, 0.3) is 5.76 Å². The van der Waals surface area contributed by atoms with Crippen molar-refractivity contribution in [3.05, 3.63) is 35.7 Å². The number of aromatic nitrogens is 2. The average molecular weight is 309 g/mol. The number of nitrogens with two attached hydrogens (primary N) is 1. The average Bonchev–Trinajstić information content (AvgIpc) is 2.43. The Bertz CT molecular complexity index is 615. The third kappa shape index (κ3) is 3.91. The van der Waals surface area contributed by atoms with Crippen LogP contribution in [0.15, 0.2) is 29.2 Å². The lowest BCUT2D eigenvalue weighted by molar-refractivity contribution is 0.252. The van der Waals surface area contributed by atoms with E-state index in [9.17, 15) is 8.78 Å². The summed E-state index contributed by atoms with van der Waals surface area (Å²) in [4.78, 5) is 9.34. The smallest absolute Gasteiger partial charge is 0.288 e. The molecule has 2 N–H and O–H groups in total. The van der Waals surface area contributed by atoms with Crippen LogP contribution in [0.1, 0.15) is 24.7 Å². The molecule has 0 radical (unpaired) electrons. The molecule has 6 heteroatoms. The van der Waals surface area contributed by atoms with Crippen LogP contribution >= 0.6 is 11.8 Å². The number of alkyl halides is 2. The lowest BCUT2D eigenvalue weighted by Crippen LogP contribution is -2.04.